The van der Waals surface area contributed by atoms with E-state index in [0.29, 0.717) is 13.0 Å². The van der Waals surface area contributed by atoms with E-state index in [9.17, 15) is 4.79 Å². The summed E-state index contributed by atoms with van der Waals surface area (Å²) in [6, 6.07) is 3.90. The first-order valence-corrected chi connectivity index (χ1v) is 6.44. The number of rotatable bonds is 5. The lowest BCUT2D eigenvalue weighted by Crippen LogP contribution is -2.49. The van der Waals surface area contributed by atoms with Crippen LogP contribution >= 0.6 is 0 Å². The Morgan fingerprint density at radius 2 is 1.84 bits per heavy atom. The van der Waals surface area contributed by atoms with Crippen molar-refractivity contribution in [1.82, 2.24) is 5.32 Å². The maximum Gasteiger partial charge on any atom is 0.224 e. The summed E-state index contributed by atoms with van der Waals surface area (Å²) < 4.78 is 5.22. The molecule has 1 aromatic rings. The van der Waals surface area contributed by atoms with Gasteiger partial charge in [-0.3, -0.25) is 4.79 Å². The van der Waals surface area contributed by atoms with E-state index in [1.165, 1.54) is 0 Å². The number of nitrogens with two attached hydrogens (primary N) is 1. The van der Waals surface area contributed by atoms with Crippen molar-refractivity contribution in [2.24, 2.45) is 5.73 Å². The van der Waals surface area contributed by atoms with Gasteiger partial charge in [0.1, 0.15) is 5.75 Å². The van der Waals surface area contributed by atoms with Crippen LogP contribution in [0.15, 0.2) is 12.1 Å². The van der Waals surface area contributed by atoms with Gasteiger partial charge in [-0.15, -0.1) is 0 Å². The Kier molecular flexibility index (Phi) is 4.95. The molecule has 0 atom stereocenters. The molecule has 0 aromatic heterocycles. The summed E-state index contributed by atoms with van der Waals surface area (Å²) in [6.45, 7) is 8.23. The van der Waals surface area contributed by atoms with Crippen LogP contribution in [0.25, 0.3) is 0 Å². The normalized spacial score (nSPS) is 11.3. The number of hydrogen-bond acceptors (Lipinski definition) is 3. The molecule has 0 radical (unpaired) electrons. The smallest absolute Gasteiger partial charge is 0.224 e. The molecule has 1 aromatic carbocycles. The predicted molar refractivity (Wildman–Crippen MR) is 77.4 cm³/mol. The molecule has 0 aliphatic rings. The molecular formula is C15H24N2O2. The van der Waals surface area contributed by atoms with Crippen molar-refractivity contribution in [2.75, 3.05) is 13.7 Å². The Bertz CT molecular complexity index is 444. The van der Waals surface area contributed by atoms with Gasteiger partial charge in [-0.05, 0) is 56.5 Å². The minimum atomic E-state index is -0.370. The summed E-state index contributed by atoms with van der Waals surface area (Å²) in [6.07, 6.45) is 0.366. The first-order valence-electron chi connectivity index (χ1n) is 6.44. The summed E-state index contributed by atoms with van der Waals surface area (Å²) in [7, 11) is 1.64. The number of carbonyl (C=O) groups excluding carboxylic acids is 1. The van der Waals surface area contributed by atoms with Gasteiger partial charge in [-0.25, -0.2) is 0 Å². The first kappa shape index (κ1) is 15.5. The highest BCUT2D eigenvalue weighted by atomic mass is 16.5. The summed E-state index contributed by atoms with van der Waals surface area (Å²) in [5.74, 6) is 0.813. The molecule has 0 unspecified atom stereocenters. The van der Waals surface area contributed by atoms with E-state index in [4.69, 9.17) is 10.5 Å². The monoisotopic (exact) mass is 264 g/mol. The van der Waals surface area contributed by atoms with Crippen LogP contribution in [-0.4, -0.2) is 25.1 Å². The van der Waals surface area contributed by atoms with E-state index in [1.54, 1.807) is 7.11 Å². The zero-order chi connectivity index (χ0) is 14.6. The van der Waals surface area contributed by atoms with Gasteiger partial charge in [0.15, 0.2) is 0 Å². The quantitative estimate of drug-likeness (QED) is 0.851. The van der Waals surface area contributed by atoms with Gasteiger partial charge in [0.2, 0.25) is 5.91 Å². The number of benzene rings is 1. The van der Waals surface area contributed by atoms with E-state index >= 15 is 0 Å². The van der Waals surface area contributed by atoms with Crippen LogP contribution < -0.4 is 15.8 Å². The lowest BCUT2D eigenvalue weighted by atomic mass is 9.98. The van der Waals surface area contributed by atoms with Gasteiger partial charge in [-0.2, -0.15) is 0 Å². The SMILES string of the molecule is COc1cc(C)c(CC(=O)NC(C)(C)CN)c(C)c1. The second-order valence-corrected chi connectivity index (χ2v) is 5.55. The second kappa shape index (κ2) is 6.06. The maximum absolute atomic E-state index is 12.0. The number of nitrogens with one attached hydrogen (secondary N) is 1. The van der Waals surface area contributed by atoms with E-state index < -0.39 is 0 Å². The highest BCUT2D eigenvalue weighted by molar-refractivity contribution is 5.80. The number of hydrogen-bond donors (Lipinski definition) is 2. The standard InChI is InChI=1S/C15H24N2O2/c1-10-6-12(19-5)7-11(2)13(10)8-14(18)17-15(3,4)9-16/h6-7H,8-9,16H2,1-5H3,(H,17,18). The summed E-state index contributed by atoms with van der Waals surface area (Å²) in [4.78, 5) is 12.0. The van der Waals surface area contributed by atoms with E-state index in [0.717, 1.165) is 22.4 Å². The highest BCUT2D eigenvalue weighted by Crippen LogP contribution is 2.22. The third-order valence-electron chi connectivity index (χ3n) is 3.23. The zero-order valence-electron chi connectivity index (χ0n) is 12.5. The summed E-state index contributed by atoms with van der Waals surface area (Å²) in [5, 5.41) is 2.94. The third kappa shape index (κ3) is 4.24. The van der Waals surface area contributed by atoms with Crippen LogP contribution in [0.2, 0.25) is 0 Å². The second-order valence-electron chi connectivity index (χ2n) is 5.55. The minimum absolute atomic E-state index is 0.00758. The van der Waals surface area contributed by atoms with Crippen LogP contribution in [0, 0.1) is 13.8 Å². The van der Waals surface area contributed by atoms with E-state index in [-0.39, 0.29) is 11.4 Å². The van der Waals surface area contributed by atoms with E-state index in [1.807, 2.05) is 39.8 Å². The maximum atomic E-state index is 12.0. The van der Waals surface area contributed by atoms with Crippen LogP contribution in [0.5, 0.6) is 5.75 Å². The van der Waals surface area contributed by atoms with Gasteiger partial charge < -0.3 is 15.8 Å². The molecule has 106 valence electrons. The van der Waals surface area contributed by atoms with Crippen molar-refractivity contribution in [3.63, 3.8) is 0 Å². The summed E-state index contributed by atoms with van der Waals surface area (Å²) >= 11 is 0. The first-order chi connectivity index (χ1) is 8.79. The van der Waals surface area contributed by atoms with Gasteiger partial charge in [0.25, 0.3) is 0 Å². The third-order valence-corrected chi connectivity index (χ3v) is 3.23. The fraction of sp³-hybridized carbons (Fsp3) is 0.533. The molecule has 4 heteroatoms. The molecule has 0 aliphatic carbocycles. The lowest BCUT2D eigenvalue weighted by molar-refractivity contribution is -0.121. The number of ether oxygens (including phenoxy) is 1. The Morgan fingerprint density at radius 1 is 1.32 bits per heavy atom. The van der Waals surface area contributed by atoms with Crippen LogP contribution in [0.4, 0.5) is 0 Å². The van der Waals surface area contributed by atoms with Gasteiger partial charge in [0.05, 0.1) is 13.5 Å². The molecule has 1 amide bonds. The fourth-order valence-electron chi connectivity index (χ4n) is 1.98. The Balaban J connectivity index is 2.86. The molecule has 0 spiro atoms. The Morgan fingerprint density at radius 3 is 2.26 bits per heavy atom. The molecule has 4 nitrogen and oxygen atoms in total. The van der Waals surface area contributed by atoms with Crippen molar-refractivity contribution in [2.45, 2.75) is 39.7 Å². The Labute approximate surface area is 115 Å². The van der Waals surface area contributed by atoms with Gasteiger partial charge in [-0.1, -0.05) is 0 Å². The van der Waals surface area contributed by atoms with Gasteiger partial charge >= 0.3 is 0 Å². The molecule has 0 heterocycles. The van der Waals surface area contributed by atoms with Gasteiger partial charge in [0, 0.05) is 12.1 Å². The number of amides is 1. The topological polar surface area (TPSA) is 64.3 Å². The summed E-state index contributed by atoms with van der Waals surface area (Å²) in [5.41, 5.74) is 8.43. The fourth-order valence-corrected chi connectivity index (χ4v) is 1.98. The Hall–Kier alpha value is -1.55. The number of carbonyl (C=O) groups is 1. The van der Waals surface area contributed by atoms with E-state index in [2.05, 4.69) is 5.32 Å². The van der Waals surface area contributed by atoms with Crippen LogP contribution in [0.3, 0.4) is 0 Å². The predicted octanol–water partition coefficient (Wildman–Crippen LogP) is 1.71. The zero-order valence-corrected chi connectivity index (χ0v) is 12.5. The van der Waals surface area contributed by atoms with Crippen molar-refractivity contribution < 1.29 is 9.53 Å². The van der Waals surface area contributed by atoms with Crippen molar-refractivity contribution >= 4 is 5.91 Å². The molecule has 1 rings (SSSR count). The number of methoxy groups -OCH3 is 1. The lowest BCUT2D eigenvalue weighted by Gasteiger charge is -2.24. The molecule has 0 fully saturated rings. The molecule has 0 saturated heterocycles. The molecule has 0 bridgehead atoms. The van der Waals surface area contributed by atoms with Crippen LogP contribution in [-0.2, 0) is 11.2 Å². The molecule has 0 saturated carbocycles. The van der Waals surface area contributed by atoms with Crippen molar-refractivity contribution in [3.8, 4) is 5.75 Å². The van der Waals surface area contributed by atoms with Crippen molar-refractivity contribution in [3.05, 3.63) is 28.8 Å². The molecule has 3 N–H and O–H groups in total. The molecule has 19 heavy (non-hydrogen) atoms. The average molecular weight is 264 g/mol. The minimum Gasteiger partial charge on any atom is -0.497 e. The van der Waals surface area contributed by atoms with Crippen molar-refractivity contribution in [1.29, 1.82) is 0 Å². The average Bonchev–Trinajstić information content (AvgIpc) is 2.33. The highest BCUT2D eigenvalue weighted by Gasteiger charge is 2.19. The van der Waals surface area contributed by atoms with Crippen LogP contribution in [0.1, 0.15) is 30.5 Å². The molecule has 0 aliphatic heterocycles. The number of aryl methyl sites for hydroxylation is 2. The largest absolute Gasteiger partial charge is 0.497 e. The molecular weight excluding hydrogens is 240 g/mol.